The molecule has 1 amide bonds. The zero-order chi connectivity index (χ0) is 8.85. The van der Waals surface area contributed by atoms with Crippen molar-refractivity contribution in [1.82, 2.24) is 5.06 Å². The summed E-state index contributed by atoms with van der Waals surface area (Å²) < 4.78 is 0. The maximum atomic E-state index is 11.0. The average Bonchev–Trinajstić information content (AvgIpc) is 1.98. The summed E-state index contributed by atoms with van der Waals surface area (Å²) in [4.78, 5) is 15.8. The normalized spacial score (nSPS) is 9.82. The van der Waals surface area contributed by atoms with Crippen LogP contribution in [0.1, 0.15) is 13.8 Å². The van der Waals surface area contributed by atoms with Crippen molar-refractivity contribution in [3.63, 3.8) is 0 Å². The fraction of sp³-hybridized carbons (Fsp3) is 0.625. The van der Waals surface area contributed by atoms with Gasteiger partial charge in [-0.25, -0.2) is 5.06 Å². The maximum Gasteiger partial charge on any atom is 0.269 e. The van der Waals surface area contributed by atoms with Crippen molar-refractivity contribution in [1.29, 1.82) is 0 Å². The first kappa shape index (κ1) is 10.2. The molecule has 0 fully saturated rings. The molecule has 0 radical (unpaired) electrons. The summed E-state index contributed by atoms with van der Waals surface area (Å²) >= 11 is 0. The Morgan fingerprint density at radius 3 is 2.55 bits per heavy atom. The number of hydroxylamine groups is 2. The van der Waals surface area contributed by atoms with E-state index in [1.807, 2.05) is 13.8 Å². The molecule has 0 aliphatic heterocycles. The Kier molecular flexibility index (Phi) is 4.54. The Morgan fingerprint density at radius 1 is 1.73 bits per heavy atom. The van der Waals surface area contributed by atoms with Crippen LogP contribution in [0.5, 0.6) is 0 Å². The van der Waals surface area contributed by atoms with E-state index in [4.69, 9.17) is 4.84 Å². The average molecular weight is 157 g/mol. The predicted molar refractivity (Wildman–Crippen MR) is 43.8 cm³/mol. The van der Waals surface area contributed by atoms with E-state index in [9.17, 15) is 4.79 Å². The molecule has 0 saturated carbocycles. The Hall–Kier alpha value is -0.830. The van der Waals surface area contributed by atoms with E-state index in [0.29, 0.717) is 12.5 Å². The lowest BCUT2D eigenvalue weighted by atomic mass is 10.2. The molecule has 0 N–H and O–H groups in total. The Balaban J connectivity index is 3.94. The quantitative estimate of drug-likeness (QED) is 0.453. The molecule has 0 unspecified atom stereocenters. The first-order valence-electron chi connectivity index (χ1n) is 3.59. The van der Waals surface area contributed by atoms with Gasteiger partial charge < -0.3 is 0 Å². The zero-order valence-corrected chi connectivity index (χ0v) is 7.33. The SMILES string of the molecule is C=CC(=O)N(CC(C)C)OC. The third kappa shape index (κ3) is 3.78. The van der Waals surface area contributed by atoms with E-state index in [0.717, 1.165) is 0 Å². The second-order valence-electron chi connectivity index (χ2n) is 2.68. The largest absolute Gasteiger partial charge is 0.274 e. The molecule has 64 valence electrons. The number of rotatable bonds is 4. The summed E-state index contributed by atoms with van der Waals surface area (Å²) in [7, 11) is 1.48. The van der Waals surface area contributed by atoms with Crippen LogP contribution < -0.4 is 0 Å². The van der Waals surface area contributed by atoms with Crippen LogP contribution in [0.15, 0.2) is 12.7 Å². The Labute approximate surface area is 67.6 Å². The van der Waals surface area contributed by atoms with Gasteiger partial charge in [0.15, 0.2) is 0 Å². The minimum atomic E-state index is -0.193. The molecule has 0 spiro atoms. The van der Waals surface area contributed by atoms with E-state index >= 15 is 0 Å². The maximum absolute atomic E-state index is 11.0. The van der Waals surface area contributed by atoms with Crippen molar-refractivity contribution < 1.29 is 9.63 Å². The second kappa shape index (κ2) is 4.91. The molecule has 0 aliphatic rings. The molecule has 0 aromatic carbocycles. The van der Waals surface area contributed by atoms with Gasteiger partial charge in [-0.2, -0.15) is 0 Å². The highest BCUT2D eigenvalue weighted by atomic mass is 16.7. The van der Waals surface area contributed by atoms with Crippen LogP contribution in [-0.4, -0.2) is 24.6 Å². The van der Waals surface area contributed by atoms with Crippen molar-refractivity contribution >= 4 is 5.91 Å². The first-order chi connectivity index (χ1) is 5.11. The summed E-state index contributed by atoms with van der Waals surface area (Å²) in [6, 6.07) is 0. The van der Waals surface area contributed by atoms with Crippen LogP contribution in [0.2, 0.25) is 0 Å². The Bertz CT molecular complexity index is 143. The summed E-state index contributed by atoms with van der Waals surface area (Å²) in [5.41, 5.74) is 0. The molecule has 0 aliphatic carbocycles. The second-order valence-corrected chi connectivity index (χ2v) is 2.68. The van der Waals surface area contributed by atoms with Gasteiger partial charge in [0, 0.05) is 0 Å². The molecular formula is C8H15NO2. The van der Waals surface area contributed by atoms with Gasteiger partial charge in [-0.15, -0.1) is 0 Å². The summed E-state index contributed by atoms with van der Waals surface area (Å²) in [5.74, 6) is 0.208. The van der Waals surface area contributed by atoms with Crippen LogP contribution in [0.25, 0.3) is 0 Å². The van der Waals surface area contributed by atoms with E-state index in [1.54, 1.807) is 0 Å². The summed E-state index contributed by atoms with van der Waals surface area (Å²) in [5, 5.41) is 1.29. The summed E-state index contributed by atoms with van der Waals surface area (Å²) in [6.07, 6.45) is 1.24. The molecular weight excluding hydrogens is 142 g/mol. The van der Waals surface area contributed by atoms with Crippen LogP contribution in [-0.2, 0) is 9.63 Å². The molecule has 0 bridgehead atoms. The smallest absolute Gasteiger partial charge is 0.269 e. The minimum Gasteiger partial charge on any atom is -0.274 e. The lowest BCUT2D eigenvalue weighted by molar-refractivity contribution is -0.172. The number of carbonyl (C=O) groups is 1. The van der Waals surface area contributed by atoms with Crippen LogP contribution in [0, 0.1) is 5.92 Å². The van der Waals surface area contributed by atoms with Gasteiger partial charge in [-0.1, -0.05) is 20.4 Å². The highest BCUT2D eigenvalue weighted by Crippen LogP contribution is 1.99. The predicted octanol–water partition coefficient (Wildman–Crippen LogP) is 1.22. The third-order valence-corrected chi connectivity index (χ3v) is 1.17. The molecule has 11 heavy (non-hydrogen) atoms. The third-order valence-electron chi connectivity index (χ3n) is 1.17. The molecule has 3 heteroatoms. The van der Waals surface area contributed by atoms with E-state index < -0.39 is 0 Å². The van der Waals surface area contributed by atoms with E-state index in [-0.39, 0.29) is 5.91 Å². The minimum absolute atomic E-state index is 0.193. The van der Waals surface area contributed by atoms with Crippen LogP contribution in [0.3, 0.4) is 0 Å². The van der Waals surface area contributed by atoms with Gasteiger partial charge in [0.05, 0.1) is 13.7 Å². The molecule has 0 heterocycles. The topological polar surface area (TPSA) is 29.5 Å². The van der Waals surface area contributed by atoms with Gasteiger partial charge in [0.2, 0.25) is 0 Å². The van der Waals surface area contributed by atoms with E-state index in [1.165, 1.54) is 18.2 Å². The molecule has 0 aromatic rings. The number of carbonyl (C=O) groups excluding carboxylic acids is 1. The monoisotopic (exact) mass is 157 g/mol. The van der Waals surface area contributed by atoms with Crippen LogP contribution >= 0.6 is 0 Å². The van der Waals surface area contributed by atoms with Crippen molar-refractivity contribution in [3.05, 3.63) is 12.7 Å². The highest BCUT2D eigenvalue weighted by molar-refractivity contribution is 5.86. The molecule has 0 saturated heterocycles. The fourth-order valence-corrected chi connectivity index (χ4v) is 0.688. The van der Waals surface area contributed by atoms with Crippen molar-refractivity contribution in [2.45, 2.75) is 13.8 Å². The lowest BCUT2D eigenvalue weighted by Gasteiger charge is -2.19. The lowest BCUT2D eigenvalue weighted by Crippen LogP contribution is -2.31. The van der Waals surface area contributed by atoms with Gasteiger partial charge in [-0.05, 0) is 12.0 Å². The molecule has 3 nitrogen and oxygen atoms in total. The highest BCUT2D eigenvalue weighted by Gasteiger charge is 2.09. The molecule has 0 atom stereocenters. The Morgan fingerprint density at radius 2 is 2.27 bits per heavy atom. The van der Waals surface area contributed by atoms with Crippen molar-refractivity contribution in [2.75, 3.05) is 13.7 Å². The fourth-order valence-electron chi connectivity index (χ4n) is 0.688. The number of amides is 1. The molecule has 0 aromatic heterocycles. The van der Waals surface area contributed by atoms with Gasteiger partial charge in [0.25, 0.3) is 5.91 Å². The van der Waals surface area contributed by atoms with Gasteiger partial charge in [-0.3, -0.25) is 9.63 Å². The van der Waals surface area contributed by atoms with E-state index in [2.05, 4.69) is 6.58 Å². The first-order valence-corrected chi connectivity index (χ1v) is 3.59. The van der Waals surface area contributed by atoms with Crippen LogP contribution in [0.4, 0.5) is 0 Å². The summed E-state index contributed by atoms with van der Waals surface area (Å²) in [6.45, 7) is 8.00. The van der Waals surface area contributed by atoms with Crippen molar-refractivity contribution in [3.8, 4) is 0 Å². The standard InChI is InChI=1S/C8H15NO2/c1-5-8(10)9(11-4)6-7(2)3/h5,7H,1,6H2,2-4H3. The van der Waals surface area contributed by atoms with Crippen molar-refractivity contribution in [2.24, 2.45) is 5.92 Å². The van der Waals surface area contributed by atoms with Gasteiger partial charge >= 0.3 is 0 Å². The number of hydrogen-bond donors (Lipinski definition) is 0. The molecule has 0 rings (SSSR count). The van der Waals surface area contributed by atoms with Gasteiger partial charge in [0.1, 0.15) is 0 Å². The number of hydrogen-bond acceptors (Lipinski definition) is 2. The zero-order valence-electron chi connectivity index (χ0n) is 7.33. The number of nitrogens with zero attached hydrogens (tertiary/aromatic N) is 1.